The highest BCUT2D eigenvalue weighted by atomic mass is 32.2. The second kappa shape index (κ2) is 6.92. The molecule has 0 saturated heterocycles. The summed E-state index contributed by atoms with van der Waals surface area (Å²) < 4.78 is 61.5. The first-order valence-corrected chi connectivity index (χ1v) is 9.61. The van der Waals surface area contributed by atoms with E-state index in [9.17, 15) is 17.2 Å². The van der Waals surface area contributed by atoms with Gasteiger partial charge >= 0.3 is 0 Å². The van der Waals surface area contributed by atoms with Crippen molar-refractivity contribution in [2.24, 2.45) is 0 Å². The third kappa shape index (κ3) is 3.94. The van der Waals surface area contributed by atoms with E-state index in [1.807, 2.05) is 0 Å². The number of rotatable bonds is 4. The molecule has 0 aromatic heterocycles. The number of allylic oxidation sites excluding steroid dienone is 3. The molecule has 4 nitrogen and oxygen atoms in total. The van der Waals surface area contributed by atoms with Gasteiger partial charge in [0.05, 0.1) is 10.7 Å². The van der Waals surface area contributed by atoms with Crippen LogP contribution < -0.4 is 4.74 Å². The van der Waals surface area contributed by atoms with E-state index < -0.39 is 27.6 Å². The zero-order valence-corrected chi connectivity index (χ0v) is 14.9. The molecule has 0 amide bonds. The summed E-state index contributed by atoms with van der Waals surface area (Å²) in [5.41, 5.74) is 0.638. The SMILES string of the molecule is CC1=CC=C(Oc2ccc(F)cc2F)C(c2ccc(S(C)(=O)=O)cc2)O1. The lowest BCUT2D eigenvalue weighted by Gasteiger charge is -2.25. The normalized spacial score (nSPS) is 17.2. The molecule has 2 aromatic carbocycles. The molecule has 0 radical (unpaired) electrons. The summed E-state index contributed by atoms with van der Waals surface area (Å²) in [5.74, 6) is -0.745. The van der Waals surface area contributed by atoms with E-state index in [0.29, 0.717) is 17.1 Å². The van der Waals surface area contributed by atoms with Crippen LogP contribution >= 0.6 is 0 Å². The van der Waals surface area contributed by atoms with E-state index in [4.69, 9.17) is 9.47 Å². The molecule has 2 aromatic rings. The van der Waals surface area contributed by atoms with Gasteiger partial charge in [-0.2, -0.15) is 0 Å². The van der Waals surface area contributed by atoms with Crippen LogP contribution in [0.2, 0.25) is 0 Å². The summed E-state index contributed by atoms with van der Waals surface area (Å²) in [6, 6.07) is 9.18. The van der Waals surface area contributed by atoms with Gasteiger partial charge in [-0.05, 0) is 43.3 Å². The van der Waals surface area contributed by atoms with Crippen molar-refractivity contribution in [3.05, 3.63) is 83.3 Å². The number of hydrogen-bond donors (Lipinski definition) is 0. The molecule has 0 bridgehead atoms. The first-order valence-electron chi connectivity index (χ1n) is 7.72. The van der Waals surface area contributed by atoms with Gasteiger partial charge in [-0.1, -0.05) is 12.1 Å². The molecule has 7 heteroatoms. The van der Waals surface area contributed by atoms with E-state index in [0.717, 1.165) is 18.4 Å². The largest absolute Gasteiger partial charge is 0.482 e. The van der Waals surface area contributed by atoms with Crippen molar-refractivity contribution < 1.29 is 26.7 Å². The van der Waals surface area contributed by atoms with Crippen LogP contribution in [0.1, 0.15) is 18.6 Å². The lowest BCUT2D eigenvalue weighted by molar-refractivity contribution is 0.106. The highest BCUT2D eigenvalue weighted by molar-refractivity contribution is 7.90. The van der Waals surface area contributed by atoms with Crippen LogP contribution in [0, 0.1) is 11.6 Å². The molecule has 0 spiro atoms. The average Bonchev–Trinajstić information content (AvgIpc) is 2.58. The van der Waals surface area contributed by atoms with Crippen LogP contribution in [-0.2, 0) is 14.6 Å². The first-order chi connectivity index (χ1) is 12.2. The minimum Gasteiger partial charge on any atom is -0.482 e. The van der Waals surface area contributed by atoms with Crippen molar-refractivity contribution in [2.75, 3.05) is 6.26 Å². The Morgan fingerprint density at radius 2 is 1.73 bits per heavy atom. The van der Waals surface area contributed by atoms with Gasteiger partial charge in [-0.3, -0.25) is 0 Å². The summed E-state index contributed by atoms with van der Waals surface area (Å²) in [6.07, 6.45) is 3.74. The fourth-order valence-corrected chi connectivity index (χ4v) is 3.10. The Bertz CT molecular complexity index is 993. The van der Waals surface area contributed by atoms with E-state index in [2.05, 4.69) is 0 Å². The van der Waals surface area contributed by atoms with E-state index in [1.165, 1.54) is 18.2 Å². The maximum absolute atomic E-state index is 13.9. The van der Waals surface area contributed by atoms with Gasteiger partial charge in [-0.25, -0.2) is 17.2 Å². The van der Waals surface area contributed by atoms with Gasteiger partial charge in [0.25, 0.3) is 0 Å². The van der Waals surface area contributed by atoms with E-state index >= 15 is 0 Å². The third-order valence-electron chi connectivity index (χ3n) is 3.78. The molecule has 1 atom stereocenters. The lowest BCUT2D eigenvalue weighted by atomic mass is 10.1. The average molecular weight is 378 g/mol. The molecule has 136 valence electrons. The molecule has 0 saturated carbocycles. The van der Waals surface area contributed by atoms with Gasteiger partial charge in [0.15, 0.2) is 27.5 Å². The molecule has 0 N–H and O–H groups in total. The van der Waals surface area contributed by atoms with Gasteiger partial charge < -0.3 is 9.47 Å². The second-order valence-corrected chi connectivity index (χ2v) is 7.88. The Balaban J connectivity index is 1.92. The van der Waals surface area contributed by atoms with Crippen LogP contribution in [-0.4, -0.2) is 14.7 Å². The van der Waals surface area contributed by atoms with Crippen LogP contribution in [0.25, 0.3) is 0 Å². The monoisotopic (exact) mass is 378 g/mol. The zero-order chi connectivity index (χ0) is 18.9. The van der Waals surface area contributed by atoms with Gasteiger partial charge in [0.2, 0.25) is 0 Å². The van der Waals surface area contributed by atoms with E-state index in [-0.39, 0.29) is 10.6 Å². The maximum atomic E-state index is 13.9. The molecule has 1 heterocycles. The Morgan fingerprint density at radius 3 is 2.35 bits per heavy atom. The number of halogens is 2. The molecular weight excluding hydrogens is 362 g/mol. The predicted molar refractivity (Wildman–Crippen MR) is 92.2 cm³/mol. The fraction of sp³-hybridized carbons (Fsp3) is 0.158. The first kappa shape index (κ1) is 18.1. The molecular formula is C19H16F2O4S. The smallest absolute Gasteiger partial charge is 0.181 e. The molecule has 0 fully saturated rings. The topological polar surface area (TPSA) is 52.6 Å². The summed E-state index contributed by atoms with van der Waals surface area (Å²) >= 11 is 0. The van der Waals surface area contributed by atoms with Gasteiger partial charge in [0.1, 0.15) is 11.6 Å². The van der Waals surface area contributed by atoms with Crippen LogP contribution in [0.3, 0.4) is 0 Å². The van der Waals surface area contributed by atoms with Crippen molar-refractivity contribution >= 4 is 9.84 Å². The molecule has 1 aliphatic heterocycles. The summed E-state index contributed by atoms with van der Waals surface area (Å²) in [6.45, 7) is 1.75. The number of benzene rings is 2. The highest BCUT2D eigenvalue weighted by Gasteiger charge is 2.25. The molecule has 3 rings (SSSR count). The Labute approximate surface area is 150 Å². The standard InChI is InChI=1S/C19H16F2O4S/c1-12-3-9-18(25-17-10-6-14(20)11-16(17)21)19(24-12)13-4-7-15(8-5-13)26(2,22)23/h3-11,19H,1-2H3. The van der Waals surface area contributed by atoms with Crippen molar-refractivity contribution in [3.63, 3.8) is 0 Å². The maximum Gasteiger partial charge on any atom is 0.181 e. The number of ether oxygens (including phenoxy) is 2. The van der Waals surface area contributed by atoms with Gasteiger partial charge in [-0.15, -0.1) is 0 Å². The minimum absolute atomic E-state index is 0.132. The van der Waals surface area contributed by atoms with Crippen LogP contribution in [0.4, 0.5) is 8.78 Å². The van der Waals surface area contributed by atoms with Crippen molar-refractivity contribution in [3.8, 4) is 5.75 Å². The van der Waals surface area contributed by atoms with Crippen molar-refractivity contribution in [1.29, 1.82) is 0 Å². The summed E-state index contributed by atoms with van der Waals surface area (Å²) in [5, 5.41) is 0. The molecule has 0 aliphatic carbocycles. The zero-order valence-electron chi connectivity index (χ0n) is 14.1. The van der Waals surface area contributed by atoms with Crippen LogP contribution in [0.15, 0.2) is 71.0 Å². The summed E-state index contributed by atoms with van der Waals surface area (Å²) in [4.78, 5) is 0.181. The number of hydrogen-bond acceptors (Lipinski definition) is 4. The highest BCUT2D eigenvalue weighted by Crippen LogP contribution is 2.34. The predicted octanol–water partition coefficient (Wildman–Crippen LogP) is 4.31. The minimum atomic E-state index is -3.32. The lowest BCUT2D eigenvalue weighted by Crippen LogP contribution is -2.15. The van der Waals surface area contributed by atoms with E-state index in [1.54, 1.807) is 31.2 Å². The summed E-state index contributed by atoms with van der Waals surface area (Å²) in [7, 11) is -3.32. The Hall–Kier alpha value is -2.67. The third-order valence-corrected chi connectivity index (χ3v) is 4.91. The quantitative estimate of drug-likeness (QED) is 0.796. The fourth-order valence-electron chi connectivity index (χ4n) is 2.46. The molecule has 1 aliphatic rings. The molecule has 1 unspecified atom stereocenters. The van der Waals surface area contributed by atoms with Crippen molar-refractivity contribution in [1.82, 2.24) is 0 Å². The van der Waals surface area contributed by atoms with Crippen molar-refractivity contribution in [2.45, 2.75) is 17.9 Å². The number of sulfone groups is 1. The van der Waals surface area contributed by atoms with Crippen LogP contribution in [0.5, 0.6) is 5.75 Å². The second-order valence-electron chi connectivity index (χ2n) is 5.86. The van der Waals surface area contributed by atoms with Gasteiger partial charge in [0, 0.05) is 17.9 Å². The Morgan fingerprint density at radius 1 is 1.04 bits per heavy atom. The Kier molecular flexibility index (Phi) is 4.82. The molecule has 26 heavy (non-hydrogen) atoms.